The van der Waals surface area contributed by atoms with Crippen molar-refractivity contribution in [2.75, 3.05) is 39.2 Å². The van der Waals surface area contributed by atoms with Gasteiger partial charge in [-0.05, 0) is 47.7 Å². The molecule has 0 radical (unpaired) electrons. The van der Waals surface area contributed by atoms with Crippen molar-refractivity contribution in [3.05, 3.63) is 58.7 Å². The van der Waals surface area contributed by atoms with Gasteiger partial charge in [0.2, 0.25) is 0 Å². The zero-order valence-electron chi connectivity index (χ0n) is 17.2. The Kier molecular flexibility index (Phi) is 8.41. The number of hydrogen-bond acceptors (Lipinski definition) is 3. The summed E-state index contributed by atoms with van der Waals surface area (Å²) in [6, 6.07) is 13.0. The van der Waals surface area contributed by atoms with Crippen molar-refractivity contribution < 1.29 is 4.74 Å². The van der Waals surface area contributed by atoms with Gasteiger partial charge >= 0.3 is 0 Å². The largest absolute Gasteiger partial charge is 0.493 e. The zero-order valence-corrected chi connectivity index (χ0v) is 19.5. The van der Waals surface area contributed by atoms with Crippen molar-refractivity contribution >= 4 is 35.6 Å². The average Bonchev–Trinajstić information content (AvgIpc) is 3.13. The third kappa shape index (κ3) is 5.77. The molecule has 0 bridgehead atoms. The Balaban J connectivity index is 0.00000280. The van der Waals surface area contributed by atoms with E-state index in [0.717, 1.165) is 44.2 Å². The molecule has 2 N–H and O–H groups in total. The third-order valence-electron chi connectivity index (χ3n) is 4.85. The van der Waals surface area contributed by atoms with Crippen LogP contribution in [0.1, 0.15) is 22.3 Å². The van der Waals surface area contributed by atoms with Gasteiger partial charge in [0.15, 0.2) is 5.96 Å². The summed E-state index contributed by atoms with van der Waals surface area (Å²) in [6.45, 7) is 4.51. The van der Waals surface area contributed by atoms with E-state index >= 15 is 0 Å². The maximum absolute atomic E-state index is 5.57. The second-order valence-corrected chi connectivity index (χ2v) is 7.17. The molecule has 0 aliphatic carbocycles. The van der Waals surface area contributed by atoms with Crippen molar-refractivity contribution in [2.45, 2.75) is 26.3 Å². The minimum atomic E-state index is 0. The quantitative estimate of drug-likeness (QED) is 0.367. The van der Waals surface area contributed by atoms with Gasteiger partial charge in [-0.2, -0.15) is 0 Å². The SMILES string of the molecule is CN=C(NCCc1ccc2c(c1)CCO2)NCc1ccc(C)cc1N(C)C.I. The lowest BCUT2D eigenvalue weighted by Gasteiger charge is -2.19. The molecule has 0 atom stereocenters. The minimum Gasteiger partial charge on any atom is -0.493 e. The summed E-state index contributed by atoms with van der Waals surface area (Å²) in [6.07, 6.45) is 1.98. The first-order valence-corrected chi connectivity index (χ1v) is 9.53. The number of anilines is 1. The van der Waals surface area contributed by atoms with E-state index in [-0.39, 0.29) is 24.0 Å². The van der Waals surface area contributed by atoms with Crippen LogP contribution >= 0.6 is 24.0 Å². The predicted octanol–water partition coefficient (Wildman–Crippen LogP) is 3.52. The molecule has 0 unspecified atom stereocenters. The number of aryl methyl sites for hydroxylation is 1. The fraction of sp³-hybridized carbons (Fsp3) is 0.409. The summed E-state index contributed by atoms with van der Waals surface area (Å²) in [5, 5.41) is 6.83. The topological polar surface area (TPSA) is 48.9 Å². The van der Waals surface area contributed by atoms with Crippen molar-refractivity contribution in [1.82, 2.24) is 10.6 Å². The lowest BCUT2D eigenvalue weighted by atomic mass is 10.1. The molecule has 152 valence electrons. The average molecular weight is 494 g/mol. The maximum Gasteiger partial charge on any atom is 0.191 e. The van der Waals surface area contributed by atoms with Gasteiger partial charge in [0.05, 0.1) is 6.61 Å². The molecule has 0 saturated heterocycles. The standard InChI is InChI=1S/C22H30N4O.HI/c1-16-5-7-19(20(13-16)26(3)4)15-25-22(23-2)24-11-9-17-6-8-21-18(14-17)10-12-27-21;/h5-8,13-14H,9-12,15H2,1-4H3,(H2,23,24,25);1H. The first kappa shape index (κ1) is 22.3. The highest BCUT2D eigenvalue weighted by Crippen LogP contribution is 2.25. The van der Waals surface area contributed by atoms with Gasteiger partial charge in [-0.1, -0.05) is 24.3 Å². The van der Waals surface area contributed by atoms with Crippen LogP contribution in [0, 0.1) is 6.92 Å². The number of aliphatic imine (C=N–C) groups is 1. The van der Waals surface area contributed by atoms with Gasteiger partial charge in [0, 0.05) is 46.3 Å². The lowest BCUT2D eigenvalue weighted by Crippen LogP contribution is -2.38. The van der Waals surface area contributed by atoms with Crippen molar-refractivity contribution in [3.63, 3.8) is 0 Å². The summed E-state index contributed by atoms with van der Waals surface area (Å²) in [5.41, 5.74) is 6.41. The van der Waals surface area contributed by atoms with E-state index in [1.807, 2.05) is 7.05 Å². The van der Waals surface area contributed by atoms with Crippen molar-refractivity contribution in [2.24, 2.45) is 4.99 Å². The van der Waals surface area contributed by atoms with Gasteiger partial charge in [0.1, 0.15) is 5.75 Å². The Morgan fingerprint density at radius 1 is 1.14 bits per heavy atom. The van der Waals surface area contributed by atoms with Crippen LogP contribution in [0.4, 0.5) is 5.69 Å². The van der Waals surface area contributed by atoms with Crippen LogP contribution in [0.5, 0.6) is 5.75 Å². The molecule has 0 amide bonds. The molecular formula is C22H31IN4O. The Bertz CT molecular complexity index is 820. The summed E-state index contributed by atoms with van der Waals surface area (Å²) in [7, 11) is 5.96. The van der Waals surface area contributed by atoms with Gasteiger partial charge in [0.25, 0.3) is 0 Å². The summed E-state index contributed by atoms with van der Waals surface area (Å²) < 4.78 is 5.57. The molecule has 0 fully saturated rings. The van der Waals surface area contributed by atoms with Crippen LogP contribution in [0.15, 0.2) is 41.4 Å². The summed E-state index contributed by atoms with van der Waals surface area (Å²) >= 11 is 0. The number of ether oxygens (including phenoxy) is 1. The highest BCUT2D eigenvalue weighted by Gasteiger charge is 2.12. The summed E-state index contributed by atoms with van der Waals surface area (Å²) in [4.78, 5) is 6.50. The molecule has 0 saturated carbocycles. The van der Waals surface area contributed by atoms with Crippen LogP contribution in [-0.2, 0) is 19.4 Å². The first-order valence-electron chi connectivity index (χ1n) is 9.53. The van der Waals surface area contributed by atoms with E-state index in [9.17, 15) is 0 Å². The molecule has 2 aromatic carbocycles. The molecule has 0 aromatic heterocycles. The Labute approximate surface area is 185 Å². The smallest absolute Gasteiger partial charge is 0.191 e. The molecule has 5 nitrogen and oxygen atoms in total. The van der Waals surface area contributed by atoms with E-state index in [2.05, 4.69) is 77.9 Å². The third-order valence-corrected chi connectivity index (χ3v) is 4.85. The van der Waals surface area contributed by atoms with Gasteiger partial charge in [-0.3, -0.25) is 4.99 Å². The van der Waals surface area contributed by atoms with Crippen LogP contribution in [-0.4, -0.2) is 40.3 Å². The number of hydrogen-bond donors (Lipinski definition) is 2. The molecule has 28 heavy (non-hydrogen) atoms. The molecule has 2 aromatic rings. The Hall–Kier alpha value is -1.96. The Morgan fingerprint density at radius 2 is 1.96 bits per heavy atom. The van der Waals surface area contributed by atoms with Crippen molar-refractivity contribution in [3.8, 4) is 5.75 Å². The highest BCUT2D eigenvalue weighted by atomic mass is 127. The van der Waals surface area contributed by atoms with E-state index in [0.29, 0.717) is 0 Å². The molecular weight excluding hydrogens is 463 g/mol. The second kappa shape index (κ2) is 10.5. The first-order chi connectivity index (χ1) is 13.1. The number of benzene rings is 2. The normalized spacial score (nSPS) is 12.6. The maximum atomic E-state index is 5.57. The molecule has 1 aliphatic rings. The predicted molar refractivity (Wildman–Crippen MR) is 128 cm³/mol. The molecule has 1 aliphatic heterocycles. The summed E-state index contributed by atoms with van der Waals surface area (Å²) in [5.74, 6) is 1.86. The van der Waals surface area contributed by atoms with Gasteiger partial charge in [-0.25, -0.2) is 0 Å². The van der Waals surface area contributed by atoms with Crippen LogP contribution < -0.4 is 20.3 Å². The number of halogens is 1. The molecule has 1 heterocycles. The minimum absolute atomic E-state index is 0. The van der Waals surface area contributed by atoms with Gasteiger partial charge < -0.3 is 20.3 Å². The zero-order chi connectivity index (χ0) is 19.2. The van der Waals surface area contributed by atoms with Gasteiger partial charge in [-0.15, -0.1) is 24.0 Å². The number of rotatable bonds is 6. The fourth-order valence-corrected chi connectivity index (χ4v) is 3.36. The molecule has 3 rings (SSSR count). The monoisotopic (exact) mass is 494 g/mol. The van der Waals surface area contributed by atoms with Crippen LogP contribution in [0.2, 0.25) is 0 Å². The fourth-order valence-electron chi connectivity index (χ4n) is 3.36. The van der Waals surface area contributed by atoms with Crippen molar-refractivity contribution in [1.29, 1.82) is 0 Å². The van der Waals surface area contributed by atoms with Crippen LogP contribution in [0.25, 0.3) is 0 Å². The van der Waals surface area contributed by atoms with E-state index in [1.54, 1.807) is 0 Å². The lowest BCUT2D eigenvalue weighted by molar-refractivity contribution is 0.357. The number of nitrogens with zero attached hydrogens (tertiary/aromatic N) is 2. The Morgan fingerprint density at radius 3 is 2.71 bits per heavy atom. The van der Waals surface area contributed by atoms with E-state index in [1.165, 1.54) is 27.9 Å². The number of fused-ring (bicyclic) bond motifs is 1. The highest BCUT2D eigenvalue weighted by molar-refractivity contribution is 14.0. The number of nitrogens with one attached hydrogen (secondary N) is 2. The van der Waals surface area contributed by atoms with E-state index in [4.69, 9.17) is 4.74 Å². The number of guanidine groups is 1. The molecule has 6 heteroatoms. The second-order valence-electron chi connectivity index (χ2n) is 7.17. The van der Waals surface area contributed by atoms with E-state index < -0.39 is 0 Å². The van der Waals surface area contributed by atoms with Crippen LogP contribution in [0.3, 0.4) is 0 Å². The molecule has 0 spiro atoms.